The number of halogens is 2. The van der Waals surface area contributed by atoms with E-state index in [1.54, 1.807) is 12.0 Å². The van der Waals surface area contributed by atoms with Gasteiger partial charge in [0.15, 0.2) is 0 Å². The molecule has 1 aromatic rings. The van der Waals surface area contributed by atoms with Gasteiger partial charge in [-0.15, -0.1) is 0 Å². The first-order chi connectivity index (χ1) is 8.99. The Balaban J connectivity index is 2.34. The van der Waals surface area contributed by atoms with E-state index in [1.807, 2.05) is 6.92 Å². The number of nitrogens with zero attached hydrogens (tertiary/aromatic N) is 1. The molecule has 1 fully saturated rings. The number of rotatable bonds is 3. The van der Waals surface area contributed by atoms with Gasteiger partial charge >= 0.3 is 0 Å². The second kappa shape index (κ2) is 5.25. The van der Waals surface area contributed by atoms with Crippen LogP contribution in [0.25, 0.3) is 0 Å². The van der Waals surface area contributed by atoms with E-state index in [1.165, 1.54) is 0 Å². The van der Waals surface area contributed by atoms with Crippen LogP contribution in [-0.4, -0.2) is 32.1 Å². The Hall–Kier alpha value is -1.49. The Bertz CT molecular complexity index is 469. The maximum Gasteiger partial charge on any atom is 0.150 e. The standard InChI is InChI=1S/C14H17F2NO2/c1-14(19-2)4-3-5-17(9-14)13-11(15)6-10(8-18)7-12(13)16/h6-8H,3-5,9H2,1-2H3. The molecule has 0 bridgehead atoms. The molecule has 19 heavy (non-hydrogen) atoms. The van der Waals surface area contributed by atoms with Crippen molar-refractivity contribution in [1.82, 2.24) is 0 Å². The molecule has 0 aromatic heterocycles. The summed E-state index contributed by atoms with van der Waals surface area (Å²) < 4.78 is 33.3. The van der Waals surface area contributed by atoms with Gasteiger partial charge in [0.1, 0.15) is 23.6 Å². The second-order valence-corrected chi connectivity index (χ2v) is 5.13. The first-order valence-electron chi connectivity index (χ1n) is 6.23. The van der Waals surface area contributed by atoms with Gasteiger partial charge in [-0.2, -0.15) is 0 Å². The first kappa shape index (κ1) is 13.9. The summed E-state index contributed by atoms with van der Waals surface area (Å²) in [5.41, 5.74) is -0.473. The van der Waals surface area contributed by atoms with E-state index in [0.29, 0.717) is 19.4 Å². The maximum absolute atomic E-state index is 14.0. The second-order valence-electron chi connectivity index (χ2n) is 5.13. The molecule has 0 radical (unpaired) electrons. The van der Waals surface area contributed by atoms with Crippen LogP contribution >= 0.6 is 0 Å². The van der Waals surface area contributed by atoms with Gasteiger partial charge < -0.3 is 9.64 Å². The number of hydrogen-bond acceptors (Lipinski definition) is 3. The fourth-order valence-electron chi connectivity index (χ4n) is 2.52. The third-order valence-electron chi connectivity index (χ3n) is 3.64. The number of hydrogen-bond donors (Lipinski definition) is 0. The summed E-state index contributed by atoms with van der Waals surface area (Å²) in [5, 5.41) is 0. The van der Waals surface area contributed by atoms with Gasteiger partial charge in [-0.1, -0.05) is 0 Å². The van der Waals surface area contributed by atoms with Gasteiger partial charge in [-0.25, -0.2) is 8.78 Å². The Kier molecular flexibility index (Phi) is 3.85. The molecule has 3 nitrogen and oxygen atoms in total. The predicted molar refractivity (Wildman–Crippen MR) is 68.6 cm³/mol. The van der Waals surface area contributed by atoms with Crippen LogP contribution < -0.4 is 4.90 Å². The summed E-state index contributed by atoms with van der Waals surface area (Å²) in [7, 11) is 1.60. The Morgan fingerprint density at radius 3 is 2.53 bits per heavy atom. The lowest BCUT2D eigenvalue weighted by atomic mass is 9.94. The molecule has 0 spiro atoms. The molecular formula is C14H17F2NO2. The zero-order valence-electron chi connectivity index (χ0n) is 11.1. The summed E-state index contributed by atoms with van der Waals surface area (Å²) in [6.45, 7) is 2.93. The number of anilines is 1. The largest absolute Gasteiger partial charge is 0.377 e. The molecule has 1 aliphatic rings. The molecular weight excluding hydrogens is 252 g/mol. The lowest BCUT2D eigenvalue weighted by molar-refractivity contribution is -0.00489. The Morgan fingerprint density at radius 1 is 1.37 bits per heavy atom. The van der Waals surface area contributed by atoms with Crippen molar-refractivity contribution in [3.63, 3.8) is 0 Å². The third kappa shape index (κ3) is 2.76. The molecule has 1 unspecified atom stereocenters. The first-order valence-corrected chi connectivity index (χ1v) is 6.23. The summed E-state index contributed by atoms with van der Waals surface area (Å²) in [6, 6.07) is 2.12. The molecule has 5 heteroatoms. The minimum atomic E-state index is -0.706. The van der Waals surface area contributed by atoms with E-state index in [9.17, 15) is 13.6 Å². The number of aldehydes is 1. The van der Waals surface area contributed by atoms with Crippen LogP contribution in [-0.2, 0) is 4.74 Å². The third-order valence-corrected chi connectivity index (χ3v) is 3.64. The zero-order chi connectivity index (χ0) is 14.0. The average molecular weight is 269 g/mol. The van der Waals surface area contributed by atoms with Crippen LogP contribution in [0.5, 0.6) is 0 Å². The van der Waals surface area contributed by atoms with Crippen LogP contribution in [0.2, 0.25) is 0 Å². The molecule has 1 saturated heterocycles. The van der Waals surface area contributed by atoms with Crippen LogP contribution in [0.15, 0.2) is 12.1 Å². The fraction of sp³-hybridized carbons (Fsp3) is 0.500. The normalized spacial score (nSPS) is 23.5. The summed E-state index contributed by atoms with van der Waals surface area (Å²) >= 11 is 0. The summed E-state index contributed by atoms with van der Waals surface area (Å²) in [6.07, 6.45) is 2.10. The number of carbonyl (C=O) groups is 1. The molecule has 0 amide bonds. The van der Waals surface area contributed by atoms with E-state index in [-0.39, 0.29) is 11.3 Å². The van der Waals surface area contributed by atoms with Crippen molar-refractivity contribution >= 4 is 12.0 Å². The monoisotopic (exact) mass is 269 g/mol. The Labute approximate surface area is 111 Å². The molecule has 1 atom stereocenters. The average Bonchev–Trinajstić information content (AvgIpc) is 2.38. The molecule has 0 N–H and O–H groups in total. The van der Waals surface area contributed by atoms with Crippen LogP contribution in [0.1, 0.15) is 30.1 Å². The van der Waals surface area contributed by atoms with Crippen molar-refractivity contribution in [2.45, 2.75) is 25.4 Å². The molecule has 2 rings (SSSR count). The van der Waals surface area contributed by atoms with E-state index >= 15 is 0 Å². The van der Waals surface area contributed by atoms with Crippen molar-refractivity contribution in [2.75, 3.05) is 25.1 Å². The van der Waals surface area contributed by atoms with Gasteiger partial charge in [0.2, 0.25) is 0 Å². The number of piperidine rings is 1. The lowest BCUT2D eigenvalue weighted by Gasteiger charge is -2.40. The van der Waals surface area contributed by atoms with Gasteiger partial charge in [0.25, 0.3) is 0 Å². The molecule has 1 heterocycles. The topological polar surface area (TPSA) is 29.5 Å². The number of methoxy groups -OCH3 is 1. The molecule has 104 valence electrons. The highest BCUT2D eigenvalue weighted by atomic mass is 19.1. The number of benzene rings is 1. The van der Waals surface area contributed by atoms with E-state index in [0.717, 1.165) is 25.0 Å². The molecule has 0 aliphatic carbocycles. The van der Waals surface area contributed by atoms with Crippen molar-refractivity contribution < 1.29 is 18.3 Å². The van der Waals surface area contributed by atoms with Gasteiger partial charge in [0.05, 0.1) is 5.60 Å². The highest BCUT2D eigenvalue weighted by Gasteiger charge is 2.33. The number of ether oxygens (including phenoxy) is 1. The van der Waals surface area contributed by atoms with Crippen molar-refractivity contribution in [3.8, 4) is 0 Å². The van der Waals surface area contributed by atoms with Crippen LogP contribution in [0.3, 0.4) is 0 Å². The van der Waals surface area contributed by atoms with Crippen molar-refractivity contribution in [3.05, 3.63) is 29.3 Å². The van der Waals surface area contributed by atoms with Crippen molar-refractivity contribution in [2.24, 2.45) is 0 Å². The van der Waals surface area contributed by atoms with Crippen molar-refractivity contribution in [1.29, 1.82) is 0 Å². The maximum atomic E-state index is 14.0. The number of carbonyl (C=O) groups excluding carboxylic acids is 1. The fourth-order valence-corrected chi connectivity index (χ4v) is 2.52. The van der Waals surface area contributed by atoms with Crippen LogP contribution in [0, 0.1) is 11.6 Å². The van der Waals surface area contributed by atoms with Crippen LogP contribution in [0.4, 0.5) is 14.5 Å². The molecule has 1 aliphatic heterocycles. The van der Waals surface area contributed by atoms with Gasteiger partial charge in [-0.3, -0.25) is 4.79 Å². The summed E-state index contributed by atoms with van der Waals surface area (Å²) in [4.78, 5) is 12.2. The van der Waals surface area contributed by atoms with Gasteiger partial charge in [0, 0.05) is 25.8 Å². The molecule has 0 saturated carbocycles. The van der Waals surface area contributed by atoms with E-state index in [4.69, 9.17) is 4.74 Å². The summed E-state index contributed by atoms with van der Waals surface area (Å²) in [5.74, 6) is -1.41. The smallest absolute Gasteiger partial charge is 0.150 e. The SMILES string of the molecule is COC1(C)CCCN(c2c(F)cc(C=O)cc2F)C1. The zero-order valence-corrected chi connectivity index (χ0v) is 11.1. The minimum absolute atomic E-state index is 0.00487. The minimum Gasteiger partial charge on any atom is -0.377 e. The van der Waals surface area contributed by atoms with Gasteiger partial charge in [-0.05, 0) is 31.9 Å². The van der Waals surface area contributed by atoms with E-state index in [2.05, 4.69) is 0 Å². The lowest BCUT2D eigenvalue weighted by Crippen LogP contribution is -2.48. The highest BCUT2D eigenvalue weighted by Crippen LogP contribution is 2.31. The quantitative estimate of drug-likeness (QED) is 0.790. The predicted octanol–water partition coefficient (Wildman–Crippen LogP) is 2.78. The van der Waals surface area contributed by atoms with E-state index < -0.39 is 17.2 Å². The highest BCUT2D eigenvalue weighted by molar-refractivity contribution is 5.76. The Morgan fingerprint density at radius 2 is 2.00 bits per heavy atom. The molecule has 1 aromatic carbocycles.